The largest absolute Gasteiger partial charge is 0.573 e. The van der Waals surface area contributed by atoms with Gasteiger partial charge < -0.3 is 10.5 Å². The normalized spacial score (nSPS) is 11.8. The zero-order chi connectivity index (χ0) is 15.2. The number of ether oxygens (including phenoxy) is 1. The average Bonchev–Trinajstić information content (AvgIpc) is 2.28. The predicted molar refractivity (Wildman–Crippen MR) is 74.3 cm³/mol. The number of carbonyl (C=O) groups is 1. The third kappa shape index (κ3) is 6.51. The van der Waals surface area contributed by atoms with Crippen LogP contribution in [0.2, 0.25) is 0 Å². The Bertz CT molecular complexity index is 501. The molecule has 3 nitrogen and oxygen atoms in total. The third-order valence-electron chi connectivity index (χ3n) is 2.18. The van der Waals surface area contributed by atoms with Gasteiger partial charge in [0.05, 0.1) is 0 Å². The number of thioether (sulfide) groups is 1. The molecule has 110 valence electrons. The molecule has 0 radical (unpaired) electrons. The maximum Gasteiger partial charge on any atom is 0.573 e. The van der Waals surface area contributed by atoms with Gasteiger partial charge in [-0.3, -0.25) is 4.79 Å². The molecule has 0 aliphatic carbocycles. The summed E-state index contributed by atoms with van der Waals surface area (Å²) in [5, 5.41) is 0.0477. The van der Waals surface area contributed by atoms with Gasteiger partial charge in [-0.05, 0) is 24.1 Å². The summed E-state index contributed by atoms with van der Waals surface area (Å²) in [6, 6.07) is 3.77. The van der Waals surface area contributed by atoms with E-state index in [2.05, 4.69) is 4.74 Å². The second kappa shape index (κ2) is 7.23. The highest BCUT2D eigenvalue weighted by Gasteiger charge is 2.31. The number of anilines is 1. The summed E-state index contributed by atoms with van der Waals surface area (Å²) in [5.74, 6) is 0.306. The number of halogens is 3. The van der Waals surface area contributed by atoms with Gasteiger partial charge in [0.1, 0.15) is 5.75 Å². The molecule has 0 spiro atoms. The number of rotatable bonds is 5. The van der Waals surface area contributed by atoms with E-state index in [1.807, 2.05) is 6.08 Å². The molecule has 0 heterocycles. The van der Waals surface area contributed by atoms with E-state index < -0.39 is 6.36 Å². The maximum absolute atomic E-state index is 12.0. The standard InChI is InChI=1S/C13H14F3NO2S/c1-9(18)20-7-3-2-4-10-5-6-11(8-12(10)17)19-13(14,15)16/h2,4-6,8H,3,7,17H2,1H3. The molecule has 0 aliphatic rings. The second-order valence-corrected chi connectivity index (χ2v) is 5.14. The lowest BCUT2D eigenvalue weighted by molar-refractivity contribution is -0.274. The van der Waals surface area contributed by atoms with Gasteiger partial charge in [0.2, 0.25) is 0 Å². The van der Waals surface area contributed by atoms with Crippen LogP contribution in [0.4, 0.5) is 18.9 Å². The monoisotopic (exact) mass is 305 g/mol. The quantitative estimate of drug-likeness (QED) is 0.663. The van der Waals surface area contributed by atoms with E-state index in [0.717, 1.165) is 6.07 Å². The second-order valence-electron chi connectivity index (χ2n) is 3.87. The molecule has 0 aromatic heterocycles. The van der Waals surface area contributed by atoms with E-state index in [0.29, 0.717) is 17.7 Å². The van der Waals surface area contributed by atoms with Gasteiger partial charge in [0, 0.05) is 24.4 Å². The molecule has 1 aromatic carbocycles. The molecule has 0 aliphatic heterocycles. The average molecular weight is 305 g/mol. The molecule has 1 rings (SSSR count). The highest BCUT2D eigenvalue weighted by Crippen LogP contribution is 2.26. The molecule has 20 heavy (non-hydrogen) atoms. The Hall–Kier alpha value is -1.63. The van der Waals surface area contributed by atoms with E-state index >= 15 is 0 Å². The van der Waals surface area contributed by atoms with Crippen molar-refractivity contribution < 1.29 is 22.7 Å². The van der Waals surface area contributed by atoms with Crippen LogP contribution < -0.4 is 10.5 Å². The molecule has 1 aromatic rings. The van der Waals surface area contributed by atoms with Crippen molar-refractivity contribution in [3.8, 4) is 5.75 Å². The molecule has 0 fully saturated rings. The van der Waals surface area contributed by atoms with Crippen molar-refractivity contribution in [2.45, 2.75) is 19.7 Å². The Morgan fingerprint density at radius 1 is 1.45 bits per heavy atom. The van der Waals surface area contributed by atoms with Crippen molar-refractivity contribution >= 4 is 28.6 Å². The van der Waals surface area contributed by atoms with Gasteiger partial charge in [0.15, 0.2) is 5.12 Å². The van der Waals surface area contributed by atoms with E-state index in [1.165, 1.54) is 30.8 Å². The van der Waals surface area contributed by atoms with Crippen molar-refractivity contribution in [1.29, 1.82) is 0 Å². The number of nitrogen functional groups attached to an aromatic ring is 1. The van der Waals surface area contributed by atoms with Crippen LogP contribution in [-0.4, -0.2) is 17.2 Å². The fraction of sp³-hybridized carbons (Fsp3) is 0.308. The van der Waals surface area contributed by atoms with E-state index in [9.17, 15) is 18.0 Å². The Labute approximate surface area is 119 Å². The molecule has 0 bridgehead atoms. The molecule has 0 saturated carbocycles. The third-order valence-corrected chi connectivity index (χ3v) is 3.03. The molecule has 0 saturated heterocycles. The summed E-state index contributed by atoms with van der Waals surface area (Å²) in [7, 11) is 0. The molecular weight excluding hydrogens is 291 g/mol. The van der Waals surface area contributed by atoms with Crippen molar-refractivity contribution in [2.24, 2.45) is 0 Å². The zero-order valence-corrected chi connectivity index (χ0v) is 11.6. The maximum atomic E-state index is 12.0. The van der Waals surface area contributed by atoms with Crippen LogP contribution in [0.5, 0.6) is 5.75 Å². The highest BCUT2D eigenvalue weighted by atomic mass is 32.2. The van der Waals surface area contributed by atoms with Crippen molar-refractivity contribution in [3.63, 3.8) is 0 Å². The molecule has 0 unspecified atom stereocenters. The lowest BCUT2D eigenvalue weighted by Crippen LogP contribution is -2.17. The summed E-state index contributed by atoms with van der Waals surface area (Å²) < 4.78 is 39.8. The first-order valence-electron chi connectivity index (χ1n) is 5.73. The summed E-state index contributed by atoms with van der Waals surface area (Å²) in [4.78, 5) is 10.7. The van der Waals surface area contributed by atoms with Crippen molar-refractivity contribution in [2.75, 3.05) is 11.5 Å². The molecular formula is C13H14F3NO2S. The number of carbonyl (C=O) groups excluding carboxylic acids is 1. The van der Waals surface area contributed by atoms with Gasteiger partial charge in [-0.15, -0.1) is 13.2 Å². The SMILES string of the molecule is CC(=O)SCCC=Cc1ccc(OC(F)(F)F)cc1N. The van der Waals surface area contributed by atoms with Gasteiger partial charge in [-0.25, -0.2) is 0 Å². The lowest BCUT2D eigenvalue weighted by atomic mass is 10.1. The van der Waals surface area contributed by atoms with Gasteiger partial charge in [-0.1, -0.05) is 23.9 Å². The molecule has 0 amide bonds. The van der Waals surface area contributed by atoms with Crippen LogP contribution >= 0.6 is 11.8 Å². The zero-order valence-electron chi connectivity index (χ0n) is 10.7. The smallest absolute Gasteiger partial charge is 0.406 e. The van der Waals surface area contributed by atoms with Crippen molar-refractivity contribution in [1.82, 2.24) is 0 Å². The van der Waals surface area contributed by atoms with Crippen LogP contribution in [0.25, 0.3) is 6.08 Å². The first kappa shape index (κ1) is 16.4. The highest BCUT2D eigenvalue weighted by molar-refractivity contribution is 8.13. The minimum absolute atomic E-state index is 0.0477. The first-order chi connectivity index (χ1) is 9.28. The number of alkyl halides is 3. The van der Waals surface area contributed by atoms with Crippen LogP contribution in [0.15, 0.2) is 24.3 Å². The molecule has 2 N–H and O–H groups in total. The fourth-order valence-corrected chi connectivity index (χ4v) is 1.92. The van der Waals surface area contributed by atoms with Crippen LogP contribution in [0.1, 0.15) is 18.9 Å². The summed E-state index contributed by atoms with van der Waals surface area (Å²) in [5.41, 5.74) is 6.45. The van der Waals surface area contributed by atoms with Gasteiger partial charge in [0.25, 0.3) is 0 Å². The molecule has 7 heteroatoms. The van der Waals surface area contributed by atoms with Crippen LogP contribution in [0.3, 0.4) is 0 Å². The Morgan fingerprint density at radius 2 is 2.15 bits per heavy atom. The first-order valence-corrected chi connectivity index (χ1v) is 6.71. The number of nitrogens with two attached hydrogens (primary N) is 1. The number of hydrogen-bond acceptors (Lipinski definition) is 4. The minimum atomic E-state index is -4.73. The summed E-state index contributed by atoms with van der Waals surface area (Å²) >= 11 is 1.21. The fourth-order valence-electron chi connectivity index (χ4n) is 1.38. The van der Waals surface area contributed by atoms with Gasteiger partial charge >= 0.3 is 6.36 Å². The number of allylic oxidation sites excluding steroid dienone is 1. The number of hydrogen-bond donors (Lipinski definition) is 1. The number of benzene rings is 1. The topological polar surface area (TPSA) is 52.3 Å². The van der Waals surface area contributed by atoms with Crippen LogP contribution in [-0.2, 0) is 4.79 Å². The summed E-state index contributed by atoms with van der Waals surface area (Å²) in [6.45, 7) is 1.49. The predicted octanol–water partition coefficient (Wildman–Crippen LogP) is 3.85. The van der Waals surface area contributed by atoms with Crippen LogP contribution in [0, 0.1) is 0 Å². The van der Waals surface area contributed by atoms with E-state index in [-0.39, 0.29) is 16.6 Å². The van der Waals surface area contributed by atoms with E-state index in [4.69, 9.17) is 5.73 Å². The molecule has 0 atom stereocenters. The lowest BCUT2D eigenvalue weighted by Gasteiger charge is -2.10. The van der Waals surface area contributed by atoms with Crippen molar-refractivity contribution in [3.05, 3.63) is 29.8 Å². The Morgan fingerprint density at radius 3 is 2.70 bits per heavy atom. The summed E-state index contributed by atoms with van der Waals surface area (Å²) in [6.07, 6.45) is -0.544. The minimum Gasteiger partial charge on any atom is -0.406 e. The Balaban J connectivity index is 2.59. The van der Waals surface area contributed by atoms with E-state index in [1.54, 1.807) is 6.08 Å². The van der Waals surface area contributed by atoms with Gasteiger partial charge in [-0.2, -0.15) is 0 Å². The Kier molecular flexibility index (Phi) is 5.94.